The van der Waals surface area contributed by atoms with Crippen LogP contribution in [0.25, 0.3) is 0 Å². The average Bonchev–Trinajstić information content (AvgIpc) is 2.20. The molecule has 10 heteroatoms. The van der Waals surface area contributed by atoms with Gasteiger partial charge in [0.15, 0.2) is 5.25 Å². The quantitative estimate of drug-likeness (QED) is 0.266. The second-order valence-electron chi connectivity index (χ2n) is 2.65. The van der Waals surface area contributed by atoms with Crippen molar-refractivity contribution in [2.24, 2.45) is 11.6 Å². The topological polar surface area (TPSA) is 159 Å². The van der Waals surface area contributed by atoms with Crippen molar-refractivity contribution in [2.45, 2.75) is 11.7 Å². The molecule has 1 unspecified atom stereocenters. The summed E-state index contributed by atoms with van der Waals surface area (Å²) in [5, 5.41) is -2.06. The summed E-state index contributed by atoms with van der Waals surface area (Å²) in [6, 6.07) is 0. The van der Waals surface area contributed by atoms with Gasteiger partial charge in [0.2, 0.25) is 0 Å². The van der Waals surface area contributed by atoms with E-state index in [0.29, 0.717) is 0 Å². The Morgan fingerprint density at radius 3 is 2.31 bits per heavy atom. The van der Waals surface area contributed by atoms with Gasteiger partial charge in [0.25, 0.3) is 10.1 Å². The predicted octanol–water partition coefficient (Wildman–Crippen LogP) is -2.45. The van der Waals surface area contributed by atoms with Crippen LogP contribution >= 0.6 is 0 Å². The average molecular weight is 256 g/mol. The van der Waals surface area contributed by atoms with Crippen LogP contribution in [0.1, 0.15) is 6.42 Å². The normalized spacial score (nSPS) is 12.9. The number of carbonyl (C=O) groups is 2. The van der Waals surface area contributed by atoms with Gasteiger partial charge in [-0.25, -0.2) is 0 Å². The zero-order valence-corrected chi connectivity index (χ0v) is 8.97. The van der Waals surface area contributed by atoms with E-state index in [-0.39, 0.29) is 13.2 Å². The Bertz CT molecular complexity index is 352. The first-order chi connectivity index (χ1) is 7.32. The van der Waals surface area contributed by atoms with E-state index < -0.39 is 33.7 Å². The SMILES string of the molecule is NCCOC(=O)C(CC(=O)ON)S(=O)(=O)O. The third-order valence-corrected chi connectivity index (χ3v) is 2.55. The summed E-state index contributed by atoms with van der Waals surface area (Å²) in [6.45, 7) is -0.256. The molecule has 0 rings (SSSR count). The van der Waals surface area contributed by atoms with Gasteiger partial charge < -0.3 is 15.3 Å². The third kappa shape index (κ3) is 5.02. The van der Waals surface area contributed by atoms with Crippen molar-refractivity contribution in [3.05, 3.63) is 0 Å². The Hall–Kier alpha value is -1.23. The molecule has 0 aromatic heterocycles. The van der Waals surface area contributed by atoms with E-state index in [9.17, 15) is 18.0 Å². The van der Waals surface area contributed by atoms with E-state index in [1.54, 1.807) is 0 Å². The van der Waals surface area contributed by atoms with Crippen LogP contribution in [0, 0.1) is 0 Å². The van der Waals surface area contributed by atoms with Crippen molar-refractivity contribution >= 4 is 22.1 Å². The number of esters is 1. The highest BCUT2D eigenvalue weighted by Crippen LogP contribution is 2.07. The molecule has 94 valence electrons. The number of nitrogens with two attached hydrogens (primary N) is 2. The molecule has 0 bridgehead atoms. The van der Waals surface area contributed by atoms with Crippen LogP contribution in [0.4, 0.5) is 0 Å². The Labute approximate surface area is 91.4 Å². The zero-order valence-electron chi connectivity index (χ0n) is 8.16. The summed E-state index contributed by atoms with van der Waals surface area (Å²) in [6.07, 6.45) is -0.932. The van der Waals surface area contributed by atoms with Gasteiger partial charge in [-0.1, -0.05) is 0 Å². The molecule has 9 nitrogen and oxygen atoms in total. The molecule has 0 heterocycles. The maximum absolute atomic E-state index is 11.1. The molecule has 1 atom stereocenters. The summed E-state index contributed by atoms with van der Waals surface area (Å²) in [4.78, 5) is 25.5. The summed E-state index contributed by atoms with van der Waals surface area (Å²) >= 11 is 0. The van der Waals surface area contributed by atoms with Crippen molar-refractivity contribution in [1.82, 2.24) is 0 Å². The molecular formula is C6H12N2O7S. The monoisotopic (exact) mass is 256 g/mol. The molecule has 0 saturated heterocycles. The van der Waals surface area contributed by atoms with E-state index in [0.717, 1.165) is 0 Å². The first kappa shape index (κ1) is 14.8. The standard InChI is InChI=1S/C6H12N2O7S/c7-1-2-14-6(10)4(16(11,12)13)3-5(9)15-8/h4H,1-3,7-8H2,(H,11,12,13). The Morgan fingerprint density at radius 1 is 1.38 bits per heavy atom. The van der Waals surface area contributed by atoms with Crippen LogP contribution < -0.4 is 11.6 Å². The van der Waals surface area contributed by atoms with Gasteiger partial charge in [0.1, 0.15) is 6.61 Å². The van der Waals surface area contributed by atoms with Crippen LogP contribution in [0.3, 0.4) is 0 Å². The molecule has 0 aliphatic carbocycles. The third-order valence-electron chi connectivity index (χ3n) is 1.47. The predicted molar refractivity (Wildman–Crippen MR) is 50.2 cm³/mol. The fourth-order valence-corrected chi connectivity index (χ4v) is 1.42. The van der Waals surface area contributed by atoms with Gasteiger partial charge in [-0.2, -0.15) is 14.3 Å². The number of carbonyl (C=O) groups excluding carboxylic acids is 2. The zero-order chi connectivity index (χ0) is 12.8. The Balaban J connectivity index is 4.69. The second kappa shape index (κ2) is 6.37. The molecular weight excluding hydrogens is 244 g/mol. The number of ether oxygens (including phenoxy) is 1. The van der Waals surface area contributed by atoms with Crippen molar-refractivity contribution in [3.63, 3.8) is 0 Å². The molecule has 0 fully saturated rings. The highest BCUT2D eigenvalue weighted by Gasteiger charge is 2.35. The van der Waals surface area contributed by atoms with Crippen LogP contribution in [-0.2, 0) is 29.3 Å². The summed E-state index contributed by atoms with van der Waals surface area (Å²) in [5.74, 6) is 2.00. The lowest BCUT2D eigenvalue weighted by Crippen LogP contribution is -2.35. The van der Waals surface area contributed by atoms with E-state index in [4.69, 9.17) is 10.3 Å². The number of hydrogen-bond donors (Lipinski definition) is 3. The van der Waals surface area contributed by atoms with Gasteiger partial charge in [-0.15, -0.1) is 0 Å². The lowest BCUT2D eigenvalue weighted by Gasteiger charge is -2.11. The van der Waals surface area contributed by atoms with Crippen LogP contribution in [0.15, 0.2) is 0 Å². The fourth-order valence-electron chi connectivity index (χ4n) is 0.762. The van der Waals surface area contributed by atoms with Gasteiger partial charge in [-0.3, -0.25) is 14.1 Å². The highest BCUT2D eigenvalue weighted by molar-refractivity contribution is 7.87. The number of hydrogen-bond acceptors (Lipinski definition) is 8. The second-order valence-corrected chi connectivity index (χ2v) is 4.25. The van der Waals surface area contributed by atoms with E-state index >= 15 is 0 Å². The highest BCUT2D eigenvalue weighted by atomic mass is 32.2. The minimum atomic E-state index is -4.77. The minimum Gasteiger partial charge on any atom is -0.463 e. The first-order valence-electron chi connectivity index (χ1n) is 4.05. The van der Waals surface area contributed by atoms with Crippen molar-refractivity contribution in [1.29, 1.82) is 0 Å². The molecule has 0 saturated carbocycles. The van der Waals surface area contributed by atoms with Crippen molar-refractivity contribution in [3.8, 4) is 0 Å². The van der Waals surface area contributed by atoms with Gasteiger partial charge in [0.05, 0.1) is 6.42 Å². The van der Waals surface area contributed by atoms with Crippen molar-refractivity contribution < 1.29 is 32.1 Å². The minimum absolute atomic E-state index is 0.0225. The Kier molecular flexibility index (Phi) is 5.88. The van der Waals surface area contributed by atoms with E-state index in [2.05, 4.69) is 15.5 Å². The lowest BCUT2D eigenvalue weighted by molar-refractivity contribution is -0.150. The smallest absolute Gasteiger partial charge is 0.327 e. The first-order valence-corrected chi connectivity index (χ1v) is 5.55. The lowest BCUT2D eigenvalue weighted by atomic mass is 10.3. The summed E-state index contributed by atoms with van der Waals surface area (Å²) in [7, 11) is -4.77. The Morgan fingerprint density at radius 2 is 1.94 bits per heavy atom. The summed E-state index contributed by atoms with van der Waals surface area (Å²) < 4.78 is 34.6. The molecule has 0 radical (unpaired) electrons. The number of rotatable bonds is 6. The molecule has 0 aliphatic rings. The summed E-state index contributed by atoms with van der Waals surface area (Å²) in [5.41, 5.74) is 5.01. The maximum Gasteiger partial charge on any atom is 0.327 e. The largest absolute Gasteiger partial charge is 0.463 e. The van der Waals surface area contributed by atoms with Gasteiger partial charge in [0, 0.05) is 6.54 Å². The molecule has 0 aromatic carbocycles. The van der Waals surface area contributed by atoms with E-state index in [1.165, 1.54) is 0 Å². The molecule has 0 spiro atoms. The van der Waals surface area contributed by atoms with Crippen LogP contribution in [-0.4, -0.2) is 43.3 Å². The molecule has 5 N–H and O–H groups in total. The van der Waals surface area contributed by atoms with Crippen LogP contribution in [0.2, 0.25) is 0 Å². The molecule has 0 amide bonds. The van der Waals surface area contributed by atoms with Gasteiger partial charge >= 0.3 is 11.9 Å². The molecule has 0 aliphatic heterocycles. The van der Waals surface area contributed by atoms with Crippen LogP contribution in [0.5, 0.6) is 0 Å². The maximum atomic E-state index is 11.1. The van der Waals surface area contributed by atoms with Crippen molar-refractivity contribution in [2.75, 3.05) is 13.2 Å². The van der Waals surface area contributed by atoms with E-state index in [1.807, 2.05) is 0 Å². The fraction of sp³-hybridized carbons (Fsp3) is 0.667. The molecule has 0 aromatic rings. The van der Waals surface area contributed by atoms with Gasteiger partial charge in [-0.05, 0) is 0 Å². The molecule has 16 heavy (non-hydrogen) atoms.